The summed E-state index contributed by atoms with van der Waals surface area (Å²) in [5.74, 6) is 2.85. The van der Waals surface area contributed by atoms with E-state index in [-0.39, 0.29) is 34.8 Å². The number of thioether (sulfide) groups is 1. The van der Waals surface area contributed by atoms with Crippen molar-refractivity contribution in [3.63, 3.8) is 0 Å². The summed E-state index contributed by atoms with van der Waals surface area (Å²) >= 11 is 3.07. The fraction of sp³-hybridized carbons (Fsp3) is 0.543. The number of pyridine rings is 1. The molecule has 2 aliphatic heterocycles. The third kappa shape index (κ3) is 7.27. The number of ether oxygens (including phenoxy) is 2. The Bertz CT molecular complexity index is 1570. The van der Waals surface area contributed by atoms with Crippen molar-refractivity contribution >= 4 is 49.3 Å². The number of nitrogens with zero attached hydrogens (tertiary/aromatic N) is 6. The van der Waals surface area contributed by atoms with Crippen molar-refractivity contribution < 1.29 is 18.7 Å². The number of carbonyl (C=O) groups is 1. The molecule has 3 aromatic rings. The van der Waals surface area contributed by atoms with Crippen LogP contribution in [0.4, 0.5) is 10.2 Å². The number of halogens is 1. The first kappa shape index (κ1) is 34.3. The molecule has 249 valence electrons. The number of carbonyl (C=O) groups excluding carboxylic acids is 1. The van der Waals surface area contributed by atoms with E-state index in [0.717, 1.165) is 76.8 Å². The van der Waals surface area contributed by atoms with Gasteiger partial charge in [-0.2, -0.15) is 0 Å². The zero-order chi connectivity index (χ0) is 33.1. The normalized spacial score (nSPS) is 18.9. The predicted molar refractivity (Wildman–Crippen MR) is 184 cm³/mol. The van der Waals surface area contributed by atoms with E-state index in [1.54, 1.807) is 11.1 Å². The summed E-state index contributed by atoms with van der Waals surface area (Å²) in [6.45, 7) is 9.06. The Balaban J connectivity index is 1.12. The molecular weight excluding hydrogens is 811 g/mol. The molecule has 3 aliphatic rings. The van der Waals surface area contributed by atoms with Gasteiger partial charge in [-0.25, -0.2) is 14.4 Å². The Morgan fingerprint density at radius 3 is 2.72 bits per heavy atom. The second-order valence-electron chi connectivity index (χ2n) is 13.2. The van der Waals surface area contributed by atoms with E-state index in [4.69, 9.17) is 14.5 Å². The molecule has 1 atom stereocenters. The molecule has 47 heavy (non-hydrogen) atoms. The van der Waals surface area contributed by atoms with Crippen molar-refractivity contribution in [3.05, 3.63) is 65.6 Å². The molecule has 0 N–H and O–H groups in total. The zero-order valence-corrected chi connectivity index (χ0v) is 32.4. The number of amides is 1. The first-order chi connectivity index (χ1) is 22.8. The van der Waals surface area contributed by atoms with Crippen LogP contribution in [0.1, 0.15) is 74.1 Å². The molecule has 1 aromatic carbocycles. The van der Waals surface area contributed by atoms with E-state index in [1.165, 1.54) is 52.1 Å². The average molecular weight is 855 g/mol. The molecule has 6 rings (SSSR count). The van der Waals surface area contributed by atoms with E-state index >= 15 is 0 Å². The Hall–Kier alpha value is -2.52. The molecule has 9 nitrogen and oxygen atoms in total. The largest absolute Gasteiger partial charge is 0.0448 e. The summed E-state index contributed by atoms with van der Waals surface area (Å²) in [5.41, 5.74) is 2.89. The van der Waals surface area contributed by atoms with Gasteiger partial charge in [-0.3, -0.25) is 4.79 Å². The molecule has 2 fully saturated rings. The SMILES string of the molecule is CCN(C(=O)c1cc(F)ccc1Oc1cncnc1N1CC2(CC(Oc3ccnc4c3C(CCCSC)N([CH2][Pb])CC4)C2)C1)C(C)C. The van der Waals surface area contributed by atoms with Gasteiger partial charge in [0.25, 0.3) is 5.91 Å². The van der Waals surface area contributed by atoms with Crippen LogP contribution in [-0.4, -0.2) is 111 Å². The van der Waals surface area contributed by atoms with Crippen LogP contribution in [0.3, 0.4) is 0 Å². The van der Waals surface area contributed by atoms with Gasteiger partial charge in [0.1, 0.15) is 17.9 Å². The second kappa shape index (κ2) is 14.9. The van der Waals surface area contributed by atoms with E-state index < -0.39 is 5.82 Å². The van der Waals surface area contributed by atoms with Gasteiger partial charge in [0, 0.05) is 12.6 Å². The fourth-order valence-electron chi connectivity index (χ4n) is 7.42. The van der Waals surface area contributed by atoms with Gasteiger partial charge in [-0.05, 0) is 39.0 Å². The molecule has 1 amide bonds. The maximum absolute atomic E-state index is 14.3. The molecule has 1 aliphatic carbocycles. The maximum Gasteiger partial charge on any atom is 0.0263 e. The van der Waals surface area contributed by atoms with E-state index in [1.807, 2.05) is 38.7 Å². The number of aromatic nitrogens is 3. The molecular formula is C35H44FN6O3PbS. The van der Waals surface area contributed by atoms with E-state index in [9.17, 15) is 9.18 Å². The first-order valence-electron chi connectivity index (χ1n) is 16.6. The Labute approximate surface area is 297 Å². The topological polar surface area (TPSA) is 83.9 Å². The summed E-state index contributed by atoms with van der Waals surface area (Å²) in [5, 5.41) is 0. The third-order valence-electron chi connectivity index (χ3n) is 9.71. The van der Waals surface area contributed by atoms with Gasteiger partial charge in [0.15, 0.2) is 5.75 Å². The second-order valence-corrected chi connectivity index (χ2v) is 15.4. The molecule has 3 radical (unpaired) electrons. The third-order valence-corrected chi connectivity index (χ3v) is 12.0. The van der Waals surface area contributed by atoms with Crippen LogP contribution in [0.25, 0.3) is 0 Å². The molecule has 0 bridgehead atoms. The van der Waals surface area contributed by atoms with Crippen LogP contribution >= 0.6 is 11.8 Å². The van der Waals surface area contributed by atoms with E-state index in [2.05, 4.69) is 32.1 Å². The minimum Gasteiger partial charge on any atom is -0.0448 e. The number of hydrogen-bond donors (Lipinski definition) is 0. The van der Waals surface area contributed by atoms with Gasteiger partial charge in [-0.15, -0.1) is 0 Å². The van der Waals surface area contributed by atoms with Gasteiger partial charge in [0.2, 0.25) is 0 Å². The Morgan fingerprint density at radius 2 is 2.00 bits per heavy atom. The summed E-state index contributed by atoms with van der Waals surface area (Å²) in [4.78, 5) is 33.4. The van der Waals surface area contributed by atoms with Gasteiger partial charge in [-0.1, -0.05) is 0 Å². The molecule has 1 saturated carbocycles. The summed E-state index contributed by atoms with van der Waals surface area (Å²) < 4.78 is 28.5. The van der Waals surface area contributed by atoms with Crippen molar-refractivity contribution in [1.29, 1.82) is 0 Å². The Morgan fingerprint density at radius 1 is 1.19 bits per heavy atom. The van der Waals surface area contributed by atoms with Crippen molar-refractivity contribution in [2.45, 2.75) is 71.1 Å². The zero-order valence-electron chi connectivity index (χ0n) is 27.7. The van der Waals surface area contributed by atoms with Gasteiger partial charge >= 0.3 is 178 Å². The monoisotopic (exact) mass is 855 g/mol. The van der Waals surface area contributed by atoms with E-state index in [0.29, 0.717) is 24.2 Å². The molecule has 2 aromatic heterocycles. The standard InChI is InChI=1S/C35H44FN6O3S.Pb/c1-6-42(23(2)3)34(43)26-16-24(36)9-10-29(26)45-31-19-37-22-39-33(31)41-20-35(21-41)17-25(18-35)44-30-11-13-38-27-12-14-40(4)28(32(27)30)8-7-15-46-5;/h9-11,13,16,19,22-23,25,28H,4,6-8,12,14-15,17-18,20-21H2,1-3,5H3;. The summed E-state index contributed by atoms with van der Waals surface area (Å²) in [6, 6.07) is 6.49. The number of benzene rings is 1. The molecule has 1 spiro atoms. The molecule has 1 saturated heterocycles. The quantitative estimate of drug-likeness (QED) is 0.155. The fourth-order valence-corrected chi connectivity index (χ4v) is 9.34. The molecule has 12 heteroatoms. The van der Waals surface area contributed by atoms with Crippen LogP contribution < -0.4 is 14.4 Å². The first-order valence-corrected chi connectivity index (χ1v) is 20.8. The van der Waals surface area contributed by atoms with Crippen molar-refractivity contribution in [3.8, 4) is 17.2 Å². The van der Waals surface area contributed by atoms with Gasteiger partial charge in [0.05, 0.1) is 11.8 Å². The molecule has 4 heterocycles. The number of hydrogen-bond acceptors (Lipinski definition) is 9. The van der Waals surface area contributed by atoms with Crippen LogP contribution in [-0.2, 0) is 6.42 Å². The number of rotatable bonds is 13. The van der Waals surface area contributed by atoms with Crippen molar-refractivity contribution in [1.82, 2.24) is 24.8 Å². The van der Waals surface area contributed by atoms with Crippen molar-refractivity contribution in [2.75, 3.05) is 47.2 Å². The van der Waals surface area contributed by atoms with Crippen molar-refractivity contribution in [2.24, 2.45) is 5.41 Å². The summed E-state index contributed by atoms with van der Waals surface area (Å²) in [6.07, 6.45) is 12.7. The summed E-state index contributed by atoms with van der Waals surface area (Å²) in [7, 11) is 0. The maximum atomic E-state index is 14.3. The number of fused-ring (bicyclic) bond motifs is 1. The smallest absolute Gasteiger partial charge is 0.0263 e. The average Bonchev–Trinajstić information content (AvgIpc) is 3.03. The predicted octanol–water partition coefficient (Wildman–Crippen LogP) is 5.89. The van der Waals surface area contributed by atoms with Crippen LogP contribution in [0.2, 0.25) is 0 Å². The Kier molecular flexibility index (Phi) is 10.9. The van der Waals surface area contributed by atoms with Crippen LogP contribution in [0.15, 0.2) is 43.0 Å². The number of anilines is 1. The van der Waals surface area contributed by atoms with Crippen LogP contribution in [0, 0.1) is 11.2 Å². The van der Waals surface area contributed by atoms with Gasteiger partial charge < -0.3 is 9.64 Å². The molecule has 1 unspecified atom stereocenters. The van der Waals surface area contributed by atoms with Crippen LogP contribution in [0.5, 0.6) is 17.2 Å². The minimum atomic E-state index is -0.487. The minimum absolute atomic E-state index is 0.0327.